The number of likely N-dealkylation sites (tertiary alicyclic amines) is 1. The molecule has 0 amide bonds. The van der Waals surface area contributed by atoms with Crippen LogP contribution >= 0.6 is 0 Å². The van der Waals surface area contributed by atoms with Crippen molar-refractivity contribution in [2.75, 3.05) is 13.1 Å². The van der Waals surface area contributed by atoms with Crippen LogP contribution in [-0.4, -0.2) is 35.0 Å². The van der Waals surface area contributed by atoms with E-state index in [0.717, 1.165) is 25.9 Å². The van der Waals surface area contributed by atoms with Gasteiger partial charge >= 0.3 is 0 Å². The highest BCUT2D eigenvalue weighted by atomic mass is 16.3. The molecule has 0 spiro atoms. The van der Waals surface area contributed by atoms with E-state index in [4.69, 9.17) is 0 Å². The molecule has 0 atom stereocenters. The number of ketones is 1. The van der Waals surface area contributed by atoms with Crippen LogP contribution in [0.2, 0.25) is 0 Å². The lowest BCUT2D eigenvalue weighted by Gasteiger charge is -2.31. The SMILES string of the molecule is C=C(C(C)=O)N1CCC(O)CC1. The molecule has 1 N–H and O–H groups in total. The Balaban J connectivity index is 2.44. The van der Waals surface area contributed by atoms with Gasteiger partial charge in [0.25, 0.3) is 0 Å². The van der Waals surface area contributed by atoms with E-state index in [1.54, 1.807) is 0 Å². The molecule has 3 nitrogen and oxygen atoms in total. The minimum Gasteiger partial charge on any atom is -0.393 e. The Morgan fingerprint density at radius 1 is 1.50 bits per heavy atom. The summed E-state index contributed by atoms with van der Waals surface area (Å²) in [6.07, 6.45) is 1.29. The molecule has 0 aromatic heterocycles. The Bertz CT molecular complexity index is 193. The molecule has 0 bridgehead atoms. The third-order valence-corrected chi connectivity index (χ3v) is 2.25. The molecule has 0 unspecified atom stereocenters. The number of hydrogen-bond donors (Lipinski definition) is 1. The third-order valence-electron chi connectivity index (χ3n) is 2.25. The first-order valence-electron chi connectivity index (χ1n) is 4.24. The molecule has 1 fully saturated rings. The van der Waals surface area contributed by atoms with E-state index in [1.165, 1.54) is 6.92 Å². The summed E-state index contributed by atoms with van der Waals surface area (Å²) in [6, 6.07) is 0. The Morgan fingerprint density at radius 3 is 2.42 bits per heavy atom. The maximum absolute atomic E-state index is 10.9. The maximum atomic E-state index is 10.9. The fourth-order valence-corrected chi connectivity index (χ4v) is 1.36. The van der Waals surface area contributed by atoms with Crippen LogP contribution in [0.15, 0.2) is 12.3 Å². The average molecular weight is 169 g/mol. The second-order valence-corrected chi connectivity index (χ2v) is 3.22. The zero-order chi connectivity index (χ0) is 9.14. The van der Waals surface area contributed by atoms with Crippen molar-refractivity contribution in [2.45, 2.75) is 25.9 Å². The van der Waals surface area contributed by atoms with Gasteiger partial charge in [-0.3, -0.25) is 4.79 Å². The van der Waals surface area contributed by atoms with E-state index < -0.39 is 0 Å². The van der Waals surface area contributed by atoms with Crippen molar-refractivity contribution in [1.82, 2.24) is 4.90 Å². The van der Waals surface area contributed by atoms with E-state index in [9.17, 15) is 9.90 Å². The number of nitrogens with zero attached hydrogens (tertiary/aromatic N) is 1. The van der Waals surface area contributed by atoms with Crippen molar-refractivity contribution < 1.29 is 9.90 Å². The smallest absolute Gasteiger partial charge is 0.175 e. The van der Waals surface area contributed by atoms with Gasteiger partial charge in [-0.05, 0) is 12.8 Å². The van der Waals surface area contributed by atoms with Crippen LogP contribution in [0.1, 0.15) is 19.8 Å². The van der Waals surface area contributed by atoms with Gasteiger partial charge in [0, 0.05) is 20.0 Å². The van der Waals surface area contributed by atoms with Gasteiger partial charge in [-0.1, -0.05) is 6.58 Å². The van der Waals surface area contributed by atoms with E-state index in [1.807, 2.05) is 4.90 Å². The lowest BCUT2D eigenvalue weighted by atomic mass is 10.1. The molecule has 12 heavy (non-hydrogen) atoms. The quantitative estimate of drug-likeness (QED) is 0.613. The summed E-state index contributed by atoms with van der Waals surface area (Å²) < 4.78 is 0. The highest BCUT2D eigenvalue weighted by Crippen LogP contribution is 2.14. The van der Waals surface area contributed by atoms with Crippen LogP contribution < -0.4 is 0 Å². The van der Waals surface area contributed by atoms with Gasteiger partial charge < -0.3 is 10.0 Å². The zero-order valence-electron chi connectivity index (χ0n) is 7.42. The Kier molecular flexibility index (Phi) is 2.87. The lowest BCUT2D eigenvalue weighted by molar-refractivity contribution is -0.115. The van der Waals surface area contributed by atoms with E-state index >= 15 is 0 Å². The average Bonchev–Trinajstić information content (AvgIpc) is 2.04. The van der Waals surface area contributed by atoms with Crippen molar-refractivity contribution in [3.8, 4) is 0 Å². The summed E-state index contributed by atoms with van der Waals surface area (Å²) in [7, 11) is 0. The topological polar surface area (TPSA) is 40.5 Å². The standard InChI is InChI=1S/C9H15NO2/c1-7(8(2)11)10-5-3-9(12)4-6-10/h9,12H,1,3-6H2,2H3. The lowest BCUT2D eigenvalue weighted by Crippen LogP contribution is -2.36. The molecular weight excluding hydrogens is 154 g/mol. The summed E-state index contributed by atoms with van der Waals surface area (Å²) >= 11 is 0. The fraction of sp³-hybridized carbons (Fsp3) is 0.667. The molecule has 0 radical (unpaired) electrons. The molecule has 1 aliphatic heterocycles. The molecule has 1 rings (SSSR count). The Morgan fingerprint density at radius 2 is 2.00 bits per heavy atom. The largest absolute Gasteiger partial charge is 0.393 e. The minimum atomic E-state index is -0.194. The van der Waals surface area contributed by atoms with E-state index in [0.29, 0.717) is 5.70 Å². The number of aliphatic hydroxyl groups excluding tert-OH is 1. The summed E-state index contributed by atoms with van der Waals surface area (Å²) in [6.45, 7) is 6.72. The fourth-order valence-electron chi connectivity index (χ4n) is 1.36. The number of carbonyl (C=O) groups excluding carboxylic acids is 1. The number of hydrogen-bond acceptors (Lipinski definition) is 3. The van der Waals surface area contributed by atoms with Crippen LogP contribution in [-0.2, 0) is 4.79 Å². The Hall–Kier alpha value is -0.830. The molecule has 3 heteroatoms. The number of aliphatic hydroxyl groups is 1. The highest BCUT2D eigenvalue weighted by Gasteiger charge is 2.19. The molecule has 0 aliphatic carbocycles. The van der Waals surface area contributed by atoms with Crippen LogP contribution in [0.4, 0.5) is 0 Å². The molecule has 0 aromatic rings. The summed E-state index contributed by atoms with van der Waals surface area (Å²) in [5, 5.41) is 9.21. The predicted octanol–water partition coefficient (Wildman–Crippen LogP) is 0.546. The first-order chi connectivity index (χ1) is 5.61. The van der Waals surface area contributed by atoms with Crippen molar-refractivity contribution in [3.05, 3.63) is 12.3 Å². The molecule has 1 aliphatic rings. The predicted molar refractivity (Wildman–Crippen MR) is 46.6 cm³/mol. The first-order valence-corrected chi connectivity index (χ1v) is 4.24. The van der Waals surface area contributed by atoms with E-state index in [2.05, 4.69) is 6.58 Å². The van der Waals surface area contributed by atoms with Crippen LogP contribution in [0.25, 0.3) is 0 Å². The van der Waals surface area contributed by atoms with Crippen molar-refractivity contribution in [3.63, 3.8) is 0 Å². The van der Waals surface area contributed by atoms with Gasteiger partial charge in [0.15, 0.2) is 5.78 Å². The number of rotatable bonds is 2. The summed E-state index contributed by atoms with van der Waals surface area (Å²) in [5.41, 5.74) is 0.571. The van der Waals surface area contributed by atoms with Gasteiger partial charge in [-0.25, -0.2) is 0 Å². The second kappa shape index (κ2) is 3.72. The van der Waals surface area contributed by atoms with Crippen LogP contribution in [0, 0.1) is 0 Å². The highest BCUT2D eigenvalue weighted by molar-refractivity contribution is 5.91. The van der Waals surface area contributed by atoms with Crippen molar-refractivity contribution >= 4 is 5.78 Å². The monoisotopic (exact) mass is 169 g/mol. The van der Waals surface area contributed by atoms with E-state index in [-0.39, 0.29) is 11.9 Å². The number of allylic oxidation sites excluding steroid dienone is 1. The van der Waals surface area contributed by atoms with Gasteiger partial charge in [0.05, 0.1) is 11.8 Å². The van der Waals surface area contributed by atoms with Crippen LogP contribution in [0.3, 0.4) is 0 Å². The number of piperidine rings is 1. The minimum absolute atomic E-state index is 0.0198. The summed E-state index contributed by atoms with van der Waals surface area (Å²) in [5.74, 6) is 0.0198. The number of carbonyl (C=O) groups is 1. The van der Waals surface area contributed by atoms with Crippen LogP contribution in [0.5, 0.6) is 0 Å². The number of Topliss-reactive ketones (excluding diaryl/α,β-unsaturated/α-hetero) is 1. The summed E-state index contributed by atoms with van der Waals surface area (Å²) in [4.78, 5) is 12.9. The molecular formula is C9H15NO2. The molecule has 0 saturated carbocycles. The second-order valence-electron chi connectivity index (χ2n) is 3.22. The molecule has 1 heterocycles. The molecule has 0 aromatic carbocycles. The normalized spacial score (nSPS) is 19.3. The van der Waals surface area contributed by atoms with Crippen molar-refractivity contribution in [2.24, 2.45) is 0 Å². The zero-order valence-corrected chi connectivity index (χ0v) is 7.42. The van der Waals surface area contributed by atoms with Gasteiger partial charge in [0.1, 0.15) is 0 Å². The van der Waals surface area contributed by atoms with Gasteiger partial charge in [0.2, 0.25) is 0 Å². The van der Waals surface area contributed by atoms with Crippen molar-refractivity contribution in [1.29, 1.82) is 0 Å². The Labute approximate surface area is 72.7 Å². The van der Waals surface area contributed by atoms with Gasteiger partial charge in [-0.2, -0.15) is 0 Å². The first kappa shape index (κ1) is 9.26. The molecule has 1 saturated heterocycles. The molecule has 68 valence electrons. The third kappa shape index (κ3) is 2.08. The maximum Gasteiger partial charge on any atom is 0.175 e. The van der Waals surface area contributed by atoms with Gasteiger partial charge in [-0.15, -0.1) is 0 Å².